The van der Waals surface area contributed by atoms with Gasteiger partial charge in [0.15, 0.2) is 0 Å². The molecule has 0 aliphatic carbocycles. The van der Waals surface area contributed by atoms with Gasteiger partial charge in [-0.05, 0) is 19.9 Å². The average Bonchev–Trinajstić information content (AvgIpc) is 2.27. The molecule has 0 fully saturated rings. The Morgan fingerprint density at radius 1 is 1.20 bits per heavy atom. The molecule has 0 unspecified atom stereocenters. The van der Waals surface area contributed by atoms with E-state index in [0.717, 1.165) is 12.1 Å². The van der Waals surface area contributed by atoms with E-state index in [9.17, 15) is 17.3 Å². The summed E-state index contributed by atoms with van der Waals surface area (Å²) < 4.78 is 61.4. The summed E-state index contributed by atoms with van der Waals surface area (Å²) in [5.41, 5.74) is -1.42. The summed E-state index contributed by atoms with van der Waals surface area (Å²) in [4.78, 5) is 0. The van der Waals surface area contributed by atoms with Gasteiger partial charge in [0.25, 0.3) is 0 Å². The first-order valence-electron chi connectivity index (χ1n) is 5.83. The van der Waals surface area contributed by atoms with Gasteiger partial charge in [-0.2, -0.15) is 0 Å². The Morgan fingerprint density at radius 2 is 1.80 bits per heavy atom. The maximum Gasteiger partial charge on any atom is 1.00 e. The van der Waals surface area contributed by atoms with Gasteiger partial charge in [-0.1, -0.05) is 11.5 Å². The van der Waals surface area contributed by atoms with Crippen LogP contribution in [-0.4, -0.2) is 26.3 Å². The normalized spacial score (nSPS) is 11.9. The van der Waals surface area contributed by atoms with E-state index in [1.807, 2.05) is 0 Å². The third-order valence-electron chi connectivity index (χ3n) is 2.84. The minimum absolute atomic E-state index is 0. The van der Waals surface area contributed by atoms with Crippen molar-refractivity contribution < 1.29 is 78.2 Å². The van der Waals surface area contributed by atoms with Crippen LogP contribution in [0, 0.1) is 5.82 Å². The van der Waals surface area contributed by atoms with Crippen molar-refractivity contribution in [2.24, 2.45) is 0 Å². The molecule has 0 spiro atoms. The first-order valence-corrected chi connectivity index (χ1v) is 5.83. The van der Waals surface area contributed by atoms with Gasteiger partial charge >= 0.3 is 58.4 Å². The summed E-state index contributed by atoms with van der Waals surface area (Å²) in [5, 5.41) is 0. The standard InChI is InChI=1S/C12H16BF4O2.K/c1-12(2,18-3)6-7-19-11-8-9(14)4-5-10(11)13(15,16)17;/h4-5,8H,6-7H2,1-3H3;/q-1;+1. The van der Waals surface area contributed by atoms with Crippen LogP contribution < -0.4 is 61.6 Å². The van der Waals surface area contributed by atoms with E-state index < -0.39 is 29.6 Å². The van der Waals surface area contributed by atoms with Crippen LogP contribution in [0.2, 0.25) is 0 Å². The number of methoxy groups -OCH3 is 1. The van der Waals surface area contributed by atoms with E-state index in [0.29, 0.717) is 12.5 Å². The minimum atomic E-state index is -5.23. The molecule has 0 amide bonds. The number of benzene rings is 1. The van der Waals surface area contributed by atoms with Crippen molar-refractivity contribution in [1.82, 2.24) is 0 Å². The fourth-order valence-corrected chi connectivity index (χ4v) is 1.41. The molecule has 2 nitrogen and oxygen atoms in total. The van der Waals surface area contributed by atoms with E-state index in [-0.39, 0.29) is 58.0 Å². The van der Waals surface area contributed by atoms with Crippen molar-refractivity contribution in [1.29, 1.82) is 0 Å². The minimum Gasteiger partial charge on any atom is -0.496 e. The quantitative estimate of drug-likeness (QED) is 0.546. The predicted octanol–water partition coefficient (Wildman–Crippen LogP) is 0.0780. The van der Waals surface area contributed by atoms with E-state index in [1.54, 1.807) is 13.8 Å². The molecular formula is C12H16BF4KO2. The second-order valence-electron chi connectivity index (χ2n) is 4.82. The molecule has 1 rings (SSSR count). The average molecular weight is 318 g/mol. The van der Waals surface area contributed by atoms with Crippen LogP contribution in [-0.2, 0) is 4.74 Å². The molecule has 0 bridgehead atoms. The van der Waals surface area contributed by atoms with Crippen molar-refractivity contribution in [3.63, 3.8) is 0 Å². The second kappa shape index (κ2) is 8.14. The summed E-state index contributed by atoms with van der Waals surface area (Å²) >= 11 is 0. The summed E-state index contributed by atoms with van der Waals surface area (Å²) in [7, 11) is 1.51. The van der Waals surface area contributed by atoms with Gasteiger partial charge in [-0.25, -0.2) is 4.39 Å². The maximum atomic E-state index is 13.0. The van der Waals surface area contributed by atoms with Gasteiger partial charge in [-0.15, -0.1) is 0 Å². The smallest absolute Gasteiger partial charge is 0.496 e. The topological polar surface area (TPSA) is 18.5 Å². The Balaban J connectivity index is 0.00000361. The maximum absolute atomic E-state index is 13.0. The molecule has 0 radical (unpaired) electrons. The van der Waals surface area contributed by atoms with E-state index >= 15 is 0 Å². The van der Waals surface area contributed by atoms with Crippen molar-refractivity contribution in [2.75, 3.05) is 13.7 Å². The zero-order valence-electron chi connectivity index (χ0n) is 12.1. The largest absolute Gasteiger partial charge is 1.00 e. The van der Waals surface area contributed by atoms with Gasteiger partial charge < -0.3 is 22.4 Å². The van der Waals surface area contributed by atoms with E-state index in [2.05, 4.69) is 0 Å². The van der Waals surface area contributed by atoms with Crippen LogP contribution in [0.1, 0.15) is 20.3 Å². The Kier molecular flexibility index (Phi) is 8.31. The Morgan fingerprint density at radius 3 is 2.30 bits per heavy atom. The third kappa shape index (κ3) is 6.45. The molecule has 0 N–H and O–H groups in total. The molecule has 0 saturated carbocycles. The Bertz CT molecular complexity index is 438. The predicted molar refractivity (Wildman–Crippen MR) is 66.3 cm³/mol. The second-order valence-corrected chi connectivity index (χ2v) is 4.82. The van der Waals surface area contributed by atoms with Crippen molar-refractivity contribution in [3.05, 3.63) is 24.0 Å². The molecule has 108 valence electrons. The van der Waals surface area contributed by atoms with Crippen LogP contribution in [0.15, 0.2) is 18.2 Å². The monoisotopic (exact) mass is 318 g/mol. The van der Waals surface area contributed by atoms with Crippen molar-refractivity contribution in [3.8, 4) is 5.75 Å². The number of rotatable bonds is 6. The molecule has 0 aliphatic heterocycles. The first kappa shape index (κ1) is 20.4. The third-order valence-corrected chi connectivity index (χ3v) is 2.84. The van der Waals surface area contributed by atoms with Crippen LogP contribution >= 0.6 is 0 Å². The molecule has 8 heteroatoms. The molecule has 1 aromatic carbocycles. The summed E-state index contributed by atoms with van der Waals surface area (Å²) in [6.07, 6.45) is 0.393. The zero-order chi connectivity index (χ0) is 14.7. The Hall–Kier alpha value is 0.401. The molecule has 0 atom stereocenters. The van der Waals surface area contributed by atoms with Crippen LogP contribution in [0.4, 0.5) is 17.3 Å². The van der Waals surface area contributed by atoms with Gasteiger partial charge in [0.05, 0.1) is 18.0 Å². The molecule has 0 aliphatic rings. The van der Waals surface area contributed by atoms with Crippen molar-refractivity contribution in [2.45, 2.75) is 25.9 Å². The Labute approximate surface area is 158 Å². The first-order chi connectivity index (χ1) is 8.65. The van der Waals surface area contributed by atoms with Crippen LogP contribution in [0.5, 0.6) is 5.75 Å². The van der Waals surface area contributed by atoms with Gasteiger partial charge in [0.1, 0.15) is 5.82 Å². The molecule has 0 aromatic heterocycles. The SMILES string of the molecule is COC(C)(C)CCOc1cc(F)ccc1[B-](F)(F)F.[K+]. The summed E-state index contributed by atoms with van der Waals surface area (Å²) in [5.74, 6) is -1.23. The van der Waals surface area contributed by atoms with Crippen LogP contribution in [0.25, 0.3) is 0 Å². The molecular weight excluding hydrogens is 302 g/mol. The van der Waals surface area contributed by atoms with Crippen molar-refractivity contribution >= 4 is 12.4 Å². The molecule has 0 heterocycles. The van der Waals surface area contributed by atoms with Gasteiger partial charge in [0, 0.05) is 19.6 Å². The van der Waals surface area contributed by atoms with Crippen LogP contribution in [0.3, 0.4) is 0 Å². The zero-order valence-corrected chi connectivity index (χ0v) is 15.2. The van der Waals surface area contributed by atoms with Gasteiger partial charge in [-0.3, -0.25) is 0 Å². The number of halogens is 4. The fourth-order valence-electron chi connectivity index (χ4n) is 1.41. The molecule has 1 aromatic rings. The number of ether oxygens (including phenoxy) is 2. The van der Waals surface area contributed by atoms with E-state index in [4.69, 9.17) is 9.47 Å². The number of hydrogen-bond donors (Lipinski definition) is 0. The van der Waals surface area contributed by atoms with Gasteiger partial charge in [0.2, 0.25) is 0 Å². The molecule has 0 saturated heterocycles. The fraction of sp³-hybridized carbons (Fsp3) is 0.500. The molecule has 20 heavy (non-hydrogen) atoms. The summed E-state index contributed by atoms with van der Waals surface area (Å²) in [6.45, 7) is -1.63. The number of hydrogen-bond acceptors (Lipinski definition) is 2. The van der Waals surface area contributed by atoms with E-state index in [1.165, 1.54) is 7.11 Å². The summed E-state index contributed by atoms with van der Waals surface area (Å²) in [6, 6.07) is 2.23.